The van der Waals surface area contributed by atoms with Crippen LogP contribution in [0.25, 0.3) is 0 Å². The SMILES string of the molecule is CCOC(=O)C1(c2ccccc2)CCN(CC(O)c2cccc(N)c2)CC1. The maximum absolute atomic E-state index is 12.8. The highest BCUT2D eigenvalue weighted by Crippen LogP contribution is 2.37. The van der Waals surface area contributed by atoms with Crippen LogP contribution in [-0.4, -0.2) is 42.2 Å². The van der Waals surface area contributed by atoms with E-state index in [4.69, 9.17) is 10.5 Å². The number of aliphatic hydroxyl groups excluding tert-OH is 1. The van der Waals surface area contributed by atoms with Crippen molar-refractivity contribution in [3.8, 4) is 0 Å². The Balaban J connectivity index is 1.70. The summed E-state index contributed by atoms with van der Waals surface area (Å²) in [5, 5.41) is 10.5. The minimum atomic E-state index is -0.601. The van der Waals surface area contributed by atoms with Gasteiger partial charge in [0, 0.05) is 12.2 Å². The van der Waals surface area contributed by atoms with Gasteiger partial charge in [0.05, 0.1) is 18.1 Å². The molecule has 0 amide bonds. The highest BCUT2D eigenvalue weighted by atomic mass is 16.5. The molecule has 3 N–H and O–H groups in total. The highest BCUT2D eigenvalue weighted by molar-refractivity contribution is 5.83. The van der Waals surface area contributed by atoms with Crippen LogP contribution in [0.15, 0.2) is 54.6 Å². The predicted molar refractivity (Wildman–Crippen MR) is 106 cm³/mol. The van der Waals surface area contributed by atoms with E-state index in [2.05, 4.69) is 4.90 Å². The zero-order chi connectivity index (χ0) is 19.3. The molecular formula is C22H28N2O3. The van der Waals surface area contributed by atoms with Crippen molar-refractivity contribution in [3.05, 3.63) is 65.7 Å². The van der Waals surface area contributed by atoms with Gasteiger partial charge in [-0.1, -0.05) is 42.5 Å². The molecule has 2 aromatic carbocycles. The first-order chi connectivity index (χ1) is 13.0. The summed E-state index contributed by atoms with van der Waals surface area (Å²) in [5.74, 6) is -0.146. The van der Waals surface area contributed by atoms with Crippen molar-refractivity contribution in [2.75, 3.05) is 32.0 Å². The quantitative estimate of drug-likeness (QED) is 0.606. The number of likely N-dealkylation sites (tertiary alicyclic amines) is 1. The number of nitrogens with zero attached hydrogens (tertiary/aromatic N) is 1. The molecule has 1 aliphatic rings. The normalized spacial score (nSPS) is 18.0. The summed E-state index contributed by atoms with van der Waals surface area (Å²) in [6.45, 7) is 4.20. The summed E-state index contributed by atoms with van der Waals surface area (Å²) in [6.07, 6.45) is 0.763. The number of nitrogen functional groups attached to an aromatic ring is 1. The van der Waals surface area contributed by atoms with Gasteiger partial charge in [0.25, 0.3) is 0 Å². The first-order valence-corrected chi connectivity index (χ1v) is 9.54. The topological polar surface area (TPSA) is 75.8 Å². The molecular weight excluding hydrogens is 340 g/mol. The number of carbonyl (C=O) groups excluding carboxylic acids is 1. The Labute approximate surface area is 160 Å². The van der Waals surface area contributed by atoms with Crippen molar-refractivity contribution in [2.45, 2.75) is 31.3 Å². The summed E-state index contributed by atoms with van der Waals surface area (Å²) < 4.78 is 5.42. The summed E-state index contributed by atoms with van der Waals surface area (Å²) in [7, 11) is 0. The average molecular weight is 368 g/mol. The number of aliphatic hydroxyl groups is 1. The summed E-state index contributed by atoms with van der Waals surface area (Å²) in [6, 6.07) is 17.3. The van der Waals surface area contributed by atoms with Crippen LogP contribution in [0.5, 0.6) is 0 Å². The molecule has 0 bridgehead atoms. The first kappa shape index (κ1) is 19.4. The minimum absolute atomic E-state index is 0.146. The second-order valence-corrected chi connectivity index (χ2v) is 7.16. The molecule has 27 heavy (non-hydrogen) atoms. The van der Waals surface area contributed by atoms with Gasteiger partial charge in [-0.3, -0.25) is 4.79 Å². The van der Waals surface area contributed by atoms with Crippen molar-refractivity contribution in [1.82, 2.24) is 4.90 Å². The maximum atomic E-state index is 12.8. The number of esters is 1. The molecule has 3 rings (SSSR count). The second kappa shape index (κ2) is 8.55. The molecule has 1 atom stereocenters. The third-order valence-electron chi connectivity index (χ3n) is 5.43. The van der Waals surface area contributed by atoms with Crippen LogP contribution in [0.3, 0.4) is 0 Å². The highest BCUT2D eigenvalue weighted by Gasteiger charge is 2.44. The van der Waals surface area contributed by atoms with Crippen molar-refractivity contribution < 1.29 is 14.6 Å². The molecule has 5 heteroatoms. The Morgan fingerprint density at radius 1 is 1.19 bits per heavy atom. The van der Waals surface area contributed by atoms with Crippen LogP contribution in [0.2, 0.25) is 0 Å². The second-order valence-electron chi connectivity index (χ2n) is 7.16. The van der Waals surface area contributed by atoms with E-state index in [1.807, 2.05) is 61.5 Å². The van der Waals surface area contributed by atoms with Crippen LogP contribution in [0.1, 0.15) is 37.0 Å². The molecule has 1 saturated heterocycles. The fraction of sp³-hybridized carbons (Fsp3) is 0.409. The van der Waals surface area contributed by atoms with Crippen LogP contribution >= 0.6 is 0 Å². The molecule has 0 saturated carbocycles. The Morgan fingerprint density at radius 3 is 2.52 bits per heavy atom. The molecule has 0 aliphatic carbocycles. The standard InChI is InChI=1S/C22H28N2O3/c1-2-27-21(26)22(18-8-4-3-5-9-18)11-13-24(14-12-22)16-20(25)17-7-6-10-19(23)15-17/h3-10,15,20,25H,2,11-14,16,23H2,1H3. The number of ether oxygens (including phenoxy) is 1. The van der Waals surface area contributed by atoms with Gasteiger partial charge in [-0.25, -0.2) is 0 Å². The van der Waals surface area contributed by atoms with Crippen LogP contribution < -0.4 is 5.73 Å². The Kier molecular flexibility index (Phi) is 6.14. The number of anilines is 1. The van der Waals surface area contributed by atoms with Gasteiger partial charge < -0.3 is 20.5 Å². The zero-order valence-electron chi connectivity index (χ0n) is 15.8. The molecule has 1 fully saturated rings. The Hall–Kier alpha value is -2.37. The number of nitrogens with two attached hydrogens (primary N) is 1. The number of carbonyl (C=O) groups is 1. The van der Waals surface area contributed by atoms with Gasteiger partial charge in [-0.15, -0.1) is 0 Å². The summed E-state index contributed by atoms with van der Waals surface area (Å²) in [5.41, 5.74) is 7.70. The maximum Gasteiger partial charge on any atom is 0.316 e. The lowest BCUT2D eigenvalue weighted by atomic mass is 9.72. The largest absolute Gasteiger partial charge is 0.465 e. The molecule has 0 aromatic heterocycles. The predicted octanol–water partition coefficient (Wildman–Crippen LogP) is 2.90. The van der Waals surface area contributed by atoms with Gasteiger partial charge in [0.2, 0.25) is 0 Å². The molecule has 0 radical (unpaired) electrons. The van der Waals surface area contributed by atoms with Crippen LogP contribution in [0.4, 0.5) is 5.69 Å². The van der Waals surface area contributed by atoms with E-state index in [1.165, 1.54) is 0 Å². The minimum Gasteiger partial charge on any atom is -0.465 e. The summed E-state index contributed by atoms with van der Waals surface area (Å²) in [4.78, 5) is 15.0. The van der Waals surface area contributed by atoms with Crippen molar-refractivity contribution in [2.24, 2.45) is 0 Å². The van der Waals surface area contributed by atoms with E-state index >= 15 is 0 Å². The van der Waals surface area contributed by atoms with Gasteiger partial charge in [-0.2, -0.15) is 0 Å². The average Bonchev–Trinajstić information content (AvgIpc) is 2.69. The summed E-state index contributed by atoms with van der Waals surface area (Å²) >= 11 is 0. The Morgan fingerprint density at radius 2 is 1.89 bits per heavy atom. The van der Waals surface area contributed by atoms with E-state index in [-0.39, 0.29) is 5.97 Å². The van der Waals surface area contributed by atoms with Gasteiger partial charge >= 0.3 is 5.97 Å². The first-order valence-electron chi connectivity index (χ1n) is 9.54. The number of hydrogen-bond donors (Lipinski definition) is 2. The molecule has 0 spiro atoms. The van der Waals surface area contributed by atoms with Crippen molar-refractivity contribution in [1.29, 1.82) is 0 Å². The van der Waals surface area contributed by atoms with Crippen molar-refractivity contribution >= 4 is 11.7 Å². The third-order valence-corrected chi connectivity index (χ3v) is 5.43. The van der Waals surface area contributed by atoms with Gasteiger partial charge in [-0.05, 0) is 56.1 Å². The number of hydrogen-bond acceptors (Lipinski definition) is 5. The van der Waals surface area contributed by atoms with E-state index in [9.17, 15) is 9.90 Å². The molecule has 1 aliphatic heterocycles. The molecule has 144 valence electrons. The van der Waals surface area contributed by atoms with E-state index in [0.29, 0.717) is 31.7 Å². The fourth-order valence-corrected chi connectivity index (χ4v) is 3.87. The molecule has 1 heterocycles. The monoisotopic (exact) mass is 368 g/mol. The van der Waals surface area contributed by atoms with Crippen molar-refractivity contribution in [3.63, 3.8) is 0 Å². The van der Waals surface area contributed by atoms with Gasteiger partial charge in [0.1, 0.15) is 0 Å². The van der Waals surface area contributed by atoms with E-state index in [1.54, 1.807) is 0 Å². The number of β-amino-alcohol motifs (C(OH)–C–C–N with tert-alkyl or cyclic N) is 1. The van der Waals surface area contributed by atoms with Gasteiger partial charge in [0.15, 0.2) is 0 Å². The number of piperidine rings is 1. The fourth-order valence-electron chi connectivity index (χ4n) is 3.87. The number of benzene rings is 2. The molecule has 1 unspecified atom stereocenters. The lowest BCUT2D eigenvalue weighted by Crippen LogP contribution is -2.48. The lowest BCUT2D eigenvalue weighted by molar-refractivity contribution is -0.152. The smallest absolute Gasteiger partial charge is 0.316 e. The van der Waals surface area contributed by atoms with Crippen LogP contribution in [-0.2, 0) is 14.9 Å². The van der Waals surface area contributed by atoms with Crippen LogP contribution in [0, 0.1) is 0 Å². The number of rotatable bonds is 6. The van der Waals surface area contributed by atoms with E-state index < -0.39 is 11.5 Å². The third kappa shape index (κ3) is 4.31. The lowest BCUT2D eigenvalue weighted by Gasteiger charge is -2.40. The zero-order valence-corrected chi connectivity index (χ0v) is 15.8. The molecule has 5 nitrogen and oxygen atoms in total. The molecule has 2 aromatic rings. The Bertz CT molecular complexity index is 755. The van der Waals surface area contributed by atoms with E-state index in [0.717, 1.165) is 24.2 Å².